The number of para-hydroxylation sites is 1. The minimum Gasteiger partial charge on any atom is -0.398 e. The number of nitrogen functional groups attached to an aromatic ring is 1. The SMILES string of the molecule is C=C1C=C(N)C(C)=CC1=Nc1cc(C)c(NCCCCCCCCNc2cc3c(cc2C)nc2cc(C)c(N)cc2[n+]3-c2ccccc2)cc1C. The first-order valence-corrected chi connectivity index (χ1v) is 18.2. The van der Waals surface area contributed by atoms with Crippen molar-refractivity contribution < 1.29 is 4.57 Å². The summed E-state index contributed by atoms with van der Waals surface area (Å²) in [6.45, 7) is 16.5. The Morgan fingerprint density at radius 1 is 0.667 bits per heavy atom. The highest BCUT2D eigenvalue weighted by Gasteiger charge is 2.22. The van der Waals surface area contributed by atoms with Crippen LogP contribution >= 0.6 is 0 Å². The second-order valence-electron chi connectivity index (χ2n) is 14.0. The van der Waals surface area contributed by atoms with Crippen molar-refractivity contribution in [3.05, 3.63) is 125 Å². The number of unbranched alkanes of at least 4 members (excludes halogenated alkanes) is 5. The molecule has 1 heterocycles. The topological polar surface area (TPSA) is 105 Å². The third kappa shape index (κ3) is 8.15. The molecule has 51 heavy (non-hydrogen) atoms. The summed E-state index contributed by atoms with van der Waals surface area (Å²) in [7, 11) is 0. The zero-order chi connectivity index (χ0) is 36.1. The Hall–Kier alpha value is -5.43. The lowest BCUT2D eigenvalue weighted by atomic mass is 9.99. The van der Waals surface area contributed by atoms with Crippen molar-refractivity contribution in [2.45, 2.75) is 73.1 Å². The van der Waals surface area contributed by atoms with Crippen LogP contribution in [0.3, 0.4) is 0 Å². The molecule has 0 fully saturated rings. The van der Waals surface area contributed by atoms with E-state index < -0.39 is 0 Å². The molecule has 0 unspecified atom stereocenters. The number of aliphatic imine (C=N–C) groups is 1. The van der Waals surface area contributed by atoms with E-state index >= 15 is 0 Å². The van der Waals surface area contributed by atoms with Gasteiger partial charge in [-0.25, -0.2) is 9.98 Å². The number of fused-ring (bicyclic) bond motifs is 2. The van der Waals surface area contributed by atoms with Crippen LogP contribution in [-0.2, 0) is 0 Å². The zero-order valence-corrected chi connectivity index (χ0v) is 30.9. The summed E-state index contributed by atoms with van der Waals surface area (Å²) in [5, 5.41) is 7.38. The van der Waals surface area contributed by atoms with Crippen LogP contribution in [-0.4, -0.2) is 23.8 Å². The molecule has 4 aromatic carbocycles. The average molecular weight is 679 g/mol. The van der Waals surface area contributed by atoms with Crippen LogP contribution in [0.1, 0.15) is 67.7 Å². The second kappa shape index (κ2) is 15.6. The lowest BCUT2D eigenvalue weighted by Crippen LogP contribution is -2.33. The Bertz CT molecular complexity index is 2190. The summed E-state index contributed by atoms with van der Waals surface area (Å²) >= 11 is 0. The number of nitrogens with one attached hydrogen (secondary N) is 2. The summed E-state index contributed by atoms with van der Waals surface area (Å²) in [5.41, 5.74) is 29.7. The molecule has 0 radical (unpaired) electrons. The van der Waals surface area contributed by atoms with E-state index in [1.807, 2.05) is 38.1 Å². The fourth-order valence-electron chi connectivity index (χ4n) is 6.73. The first-order valence-electron chi connectivity index (χ1n) is 18.2. The van der Waals surface area contributed by atoms with E-state index in [-0.39, 0.29) is 0 Å². The van der Waals surface area contributed by atoms with Gasteiger partial charge in [0.2, 0.25) is 16.7 Å². The fourth-order valence-corrected chi connectivity index (χ4v) is 6.73. The molecule has 1 aromatic heterocycles. The molecule has 0 saturated carbocycles. The van der Waals surface area contributed by atoms with Gasteiger partial charge in [0.1, 0.15) is 11.0 Å². The standard InChI is InChI=1S/C44H51N7/c1-28-21-39(30(3)20-35(28)45)49-40-24-31(4)37(23-33(40)6)47-18-14-9-7-8-10-15-19-48-38-27-44-42(25-32(38)5)50-41-22-29(2)36(46)26-43(41)51(44)34-16-12-11-13-17-34/h11-13,16-17,20-27,47H,3,7-10,14-15,18-19,45H2,1-2,4-6H3,(H2,46,48)/p+1. The predicted octanol–water partition coefficient (Wildman–Crippen LogP) is 9.78. The molecule has 0 bridgehead atoms. The third-order valence-corrected chi connectivity index (χ3v) is 9.91. The number of benzene rings is 4. The molecule has 0 saturated heterocycles. The number of hydrogen-bond donors (Lipinski definition) is 4. The summed E-state index contributed by atoms with van der Waals surface area (Å²) in [5.74, 6) is 0. The maximum atomic E-state index is 6.38. The van der Waals surface area contributed by atoms with Gasteiger partial charge in [-0.2, -0.15) is 0 Å². The molecule has 7 heteroatoms. The van der Waals surface area contributed by atoms with Gasteiger partial charge < -0.3 is 22.1 Å². The summed E-state index contributed by atoms with van der Waals surface area (Å²) < 4.78 is 2.28. The van der Waals surface area contributed by atoms with Crippen LogP contribution in [0, 0.1) is 27.7 Å². The Morgan fingerprint density at radius 2 is 1.25 bits per heavy atom. The summed E-state index contributed by atoms with van der Waals surface area (Å²) in [6.07, 6.45) is 11.1. The third-order valence-electron chi connectivity index (χ3n) is 9.91. The first kappa shape index (κ1) is 35.4. The highest BCUT2D eigenvalue weighted by Crippen LogP contribution is 2.29. The molecular formula is C44H52N7+. The summed E-state index contributed by atoms with van der Waals surface area (Å²) in [4.78, 5) is 9.95. The molecule has 0 amide bonds. The maximum absolute atomic E-state index is 6.38. The molecule has 0 atom stereocenters. The quantitative estimate of drug-likeness (QED) is 0.0430. The number of aryl methyl sites for hydroxylation is 4. The van der Waals surface area contributed by atoms with Crippen LogP contribution in [0.25, 0.3) is 27.8 Å². The molecule has 262 valence electrons. The maximum Gasteiger partial charge on any atom is 0.239 e. The smallest absolute Gasteiger partial charge is 0.239 e. The normalized spacial score (nSPS) is 13.9. The minimum absolute atomic E-state index is 0.752. The largest absolute Gasteiger partial charge is 0.398 e. The van der Waals surface area contributed by atoms with Gasteiger partial charge in [-0.15, -0.1) is 4.57 Å². The van der Waals surface area contributed by atoms with E-state index in [2.05, 4.69) is 97.1 Å². The van der Waals surface area contributed by atoms with E-state index in [0.717, 1.165) is 104 Å². The van der Waals surface area contributed by atoms with Gasteiger partial charge in [0, 0.05) is 60.1 Å². The molecule has 6 N–H and O–H groups in total. The fraction of sp³-hybridized carbons (Fsp3) is 0.295. The van der Waals surface area contributed by atoms with Crippen molar-refractivity contribution >= 4 is 50.5 Å². The summed E-state index contributed by atoms with van der Waals surface area (Å²) in [6, 6.07) is 23.4. The van der Waals surface area contributed by atoms with Crippen LogP contribution in [0.15, 0.2) is 107 Å². The van der Waals surface area contributed by atoms with Crippen LogP contribution in [0.5, 0.6) is 0 Å². The van der Waals surface area contributed by atoms with Gasteiger partial charge in [0.25, 0.3) is 0 Å². The van der Waals surface area contributed by atoms with Gasteiger partial charge >= 0.3 is 0 Å². The number of anilines is 3. The van der Waals surface area contributed by atoms with E-state index in [4.69, 9.17) is 21.4 Å². The average Bonchev–Trinajstić information content (AvgIpc) is 3.10. The van der Waals surface area contributed by atoms with Crippen molar-refractivity contribution in [1.82, 2.24) is 4.98 Å². The molecule has 1 aliphatic rings. The van der Waals surface area contributed by atoms with E-state index in [0.29, 0.717) is 0 Å². The van der Waals surface area contributed by atoms with Gasteiger partial charge in [0.15, 0.2) is 0 Å². The van der Waals surface area contributed by atoms with E-state index in [1.54, 1.807) is 0 Å². The van der Waals surface area contributed by atoms with Crippen molar-refractivity contribution in [1.29, 1.82) is 0 Å². The lowest BCUT2D eigenvalue weighted by Gasteiger charge is -2.15. The van der Waals surface area contributed by atoms with Crippen LogP contribution in [0.2, 0.25) is 0 Å². The number of aromatic nitrogens is 2. The second-order valence-corrected chi connectivity index (χ2v) is 14.0. The Labute approximate surface area is 302 Å². The molecule has 5 aromatic rings. The minimum atomic E-state index is 0.752. The highest BCUT2D eigenvalue weighted by molar-refractivity contribution is 6.13. The van der Waals surface area contributed by atoms with Gasteiger partial charge in [-0.3, -0.25) is 0 Å². The lowest BCUT2D eigenvalue weighted by molar-refractivity contribution is -0.538. The highest BCUT2D eigenvalue weighted by atomic mass is 15.0. The number of nitrogens with zero attached hydrogens (tertiary/aromatic N) is 3. The Balaban J connectivity index is 0.977. The van der Waals surface area contributed by atoms with Gasteiger partial charge in [0.05, 0.1) is 11.4 Å². The molecular weight excluding hydrogens is 627 g/mol. The Kier molecular flexibility index (Phi) is 10.8. The molecule has 0 spiro atoms. The number of allylic oxidation sites excluding steroid dienone is 4. The number of hydrogen-bond acceptors (Lipinski definition) is 6. The van der Waals surface area contributed by atoms with Crippen molar-refractivity contribution in [2.75, 3.05) is 29.5 Å². The van der Waals surface area contributed by atoms with Crippen molar-refractivity contribution in [3.8, 4) is 5.69 Å². The number of nitrogens with two attached hydrogens (primary N) is 2. The zero-order valence-electron chi connectivity index (χ0n) is 30.9. The van der Waals surface area contributed by atoms with Crippen LogP contribution < -0.4 is 26.7 Å². The predicted molar refractivity (Wildman–Crippen MR) is 218 cm³/mol. The monoisotopic (exact) mass is 678 g/mol. The molecule has 1 aliphatic carbocycles. The van der Waals surface area contributed by atoms with Crippen molar-refractivity contribution in [2.24, 2.45) is 10.7 Å². The Morgan fingerprint density at radius 3 is 1.94 bits per heavy atom. The van der Waals surface area contributed by atoms with Gasteiger partial charge in [-0.1, -0.05) is 50.5 Å². The molecule has 0 aliphatic heterocycles. The molecule has 6 rings (SSSR count). The van der Waals surface area contributed by atoms with E-state index in [1.165, 1.54) is 42.5 Å². The van der Waals surface area contributed by atoms with Crippen LogP contribution in [0.4, 0.5) is 22.7 Å². The number of rotatable bonds is 13. The van der Waals surface area contributed by atoms with E-state index in [9.17, 15) is 0 Å². The first-order chi connectivity index (χ1) is 24.6. The van der Waals surface area contributed by atoms with Crippen molar-refractivity contribution in [3.63, 3.8) is 0 Å². The van der Waals surface area contributed by atoms with Gasteiger partial charge in [-0.05, 0) is 117 Å². The molecule has 7 nitrogen and oxygen atoms in total.